The lowest BCUT2D eigenvalue weighted by Gasteiger charge is -2.10. The summed E-state index contributed by atoms with van der Waals surface area (Å²) >= 11 is 0. The summed E-state index contributed by atoms with van der Waals surface area (Å²) in [5, 5.41) is 26.0. The van der Waals surface area contributed by atoms with Gasteiger partial charge in [0.1, 0.15) is 6.07 Å². The van der Waals surface area contributed by atoms with Gasteiger partial charge in [0.15, 0.2) is 17.1 Å². The van der Waals surface area contributed by atoms with Crippen molar-refractivity contribution >= 4 is 5.69 Å². The van der Waals surface area contributed by atoms with Crippen LogP contribution in [0.1, 0.15) is 11.4 Å². The molecule has 0 spiro atoms. The van der Waals surface area contributed by atoms with Gasteiger partial charge in [0.05, 0.1) is 17.7 Å². The number of nitrogens with zero attached hydrogens (tertiary/aromatic N) is 5. The van der Waals surface area contributed by atoms with Crippen LogP contribution in [0.2, 0.25) is 0 Å². The van der Waals surface area contributed by atoms with Gasteiger partial charge in [-0.25, -0.2) is 4.68 Å². The maximum Gasteiger partial charge on any atom is 0.436 e. The highest BCUT2D eigenvalue weighted by Gasteiger charge is 2.40. The number of hydrogen-bond donors (Lipinski definition) is 0. The van der Waals surface area contributed by atoms with Gasteiger partial charge in [0.2, 0.25) is 0 Å². The van der Waals surface area contributed by atoms with E-state index >= 15 is 0 Å². The van der Waals surface area contributed by atoms with Gasteiger partial charge < -0.3 is 4.74 Å². The summed E-state index contributed by atoms with van der Waals surface area (Å²) in [5.74, 6) is -0.122. The smallest absolute Gasteiger partial charge is 0.436 e. The fourth-order valence-electron chi connectivity index (χ4n) is 1.75. The molecule has 0 atom stereocenters. The number of ether oxygens (including phenoxy) is 1. The molecule has 0 aliphatic heterocycles. The molecule has 0 radical (unpaired) electrons. The monoisotopic (exact) mass is 313 g/mol. The van der Waals surface area contributed by atoms with Crippen molar-refractivity contribution in [2.45, 2.75) is 6.18 Å². The second-order valence-electron chi connectivity index (χ2n) is 3.92. The van der Waals surface area contributed by atoms with Crippen molar-refractivity contribution in [3.63, 3.8) is 0 Å². The molecule has 114 valence electrons. The largest absolute Gasteiger partial charge is 0.490 e. The van der Waals surface area contributed by atoms with Crippen molar-refractivity contribution in [3.05, 3.63) is 39.7 Å². The van der Waals surface area contributed by atoms with E-state index in [2.05, 4.69) is 10.3 Å². The summed E-state index contributed by atoms with van der Waals surface area (Å²) < 4.78 is 44.1. The molecule has 0 unspecified atom stereocenters. The van der Waals surface area contributed by atoms with Crippen molar-refractivity contribution in [1.29, 1.82) is 5.26 Å². The lowest BCUT2D eigenvalue weighted by Crippen LogP contribution is -2.15. The first kappa shape index (κ1) is 15.2. The number of halogens is 3. The van der Waals surface area contributed by atoms with Gasteiger partial charge in [-0.15, -0.1) is 5.10 Å². The SMILES string of the molecule is COc1ccc(-n2nnc(C#N)c2C(F)(F)F)cc1[N+](=O)[O-]. The van der Waals surface area contributed by atoms with Crippen LogP contribution in [0.25, 0.3) is 5.69 Å². The fraction of sp³-hybridized carbons (Fsp3) is 0.182. The van der Waals surface area contributed by atoms with Crippen LogP contribution >= 0.6 is 0 Å². The minimum absolute atomic E-state index is 0.122. The summed E-state index contributed by atoms with van der Waals surface area (Å²) in [6, 6.07) is 4.39. The summed E-state index contributed by atoms with van der Waals surface area (Å²) in [6.07, 6.45) is -4.90. The number of aromatic nitrogens is 3. The van der Waals surface area contributed by atoms with E-state index in [1.165, 1.54) is 13.2 Å². The zero-order chi connectivity index (χ0) is 16.5. The average Bonchev–Trinajstić information content (AvgIpc) is 2.90. The predicted octanol–water partition coefficient (Wildman–Crippen LogP) is 2.07. The molecule has 0 bridgehead atoms. The summed E-state index contributed by atoms with van der Waals surface area (Å²) in [5.41, 5.74) is -3.14. The first-order valence-electron chi connectivity index (χ1n) is 5.55. The quantitative estimate of drug-likeness (QED) is 0.634. The second-order valence-corrected chi connectivity index (χ2v) is 3.92. The van der Waals surface area contributed by atoms with Crippen LogP contribution in [0.4, 0.5) is 18.9 Å². The van der Waals surface area contributed by atoms with Crippen molar-refractivity contribution < 1.29 is 22.8 Å². The Morgan fingerprint density at radius 3 is 2.64 bits per heavy atom. The Morgan fingerprint density at radius 1 is 1.45 bits per heavy atom. The van der Waals surface area contributed by atoms with Crippen molar-refractivity contribution in [2.75, 3.05) is 7.11 Å². The maximum absolute atomic E-state index is 13.0. The number of rotatable bonds is 3. The third kappa shape index (κ3) is 2.53. The Labute approximate surface area is 120 Å². The lowest BCUT2D eigenvalue weighted by molar-refractivity contribution is -0.385. The molecule has 0 saturated heterocycles. The molecular weight excluding hydrogens is 307 g/mol. The Bertz CT molecular complexity index is 778. The summed E-state index contributed by atoms with van der Waals surface area (Å²) in [7, 11) is 1.19. The summed E-state index contributed by atoms with van der Waals surface area (Å²) in [4.78, 5) is 10.1. The highest BCUT2D eigenvalue weighted by Crippen LogP contribution is 2.34. The number of nitro groups is 1. The molecule has 2 aromatic rings. The third-order valence-electron chi connectivity index (χ3n) is 2.65. The molecule has 0 saturated carbocycles. The minimum Gasteiger partial charge on any atom is -0.490 e. The zero-order valence-corrected chi connectivity index (χ0v) is 10.8. The van der Waals surface area contributed by atoms with Crippen molar-refractivity contribution in [3.8, 4) is 17.5 Å². The van der Waals surface area contributed by atoms with E-state index in [0.29, 0.717) is 4.68 Å². The van der Waals surface area contributed by atoms with Gasteiger partial charge in [0, 0.05) is 6.07 Å². The lowest BCUT2D eigenvalue weighted by atomic mass is 10.2. The van der Waals surface area contributed by atoms with Crippen LogP contribution in [-0.2, 0) is 6.18 Å². The Hall–Kier alpha value is -3.16. The Balaban J connectivity index is 2.69. The highest BCUT2D eigenvalue weighted by molar-refractivity contribution is 5.54. The molecule has 1 aromatic carbocycles. The molecule has 1 aromatic heterocycles. The topological polar surface area (TPSA) is 107 Å². The first-order valence-corrected chi connectivity index (χ1v) is 5.55. The first-order chi connectivity index (χ1) is 10.3. The molecule has 0 N–H and O–H groups in total. The average molecular weight is 313 g/mol. The van der Waals surface area contributed by atoms with Gasteiger partial charge in [-0.3, -0.25) is 10.1 Å². The number of benzene rings is 1. The third-order valence-corrected chi connectivity index (χ3v) is 2.65. The van der Waals surface area contributed by atoms with Crippen LogP contribution in [0, 0.1) is 21.4 Å². The van der Waals surface area contributed by atoms with Gasteiger partial charge in [-0.05, 0) is 12.1 Å². The molecule has 0 amide bonds. The highest BCUT2D eigenvalue weighted by atomic mass is 19.4. The van der Waals surface area contributed by atoms with E-state index in [1.807, 2.05) is 0 Å². The van der Waals surface area contributed by atoms with Crippen LogP contribution < -0.4 is 4.74 Å². The maximum atomic E-state index is 13.0. The van der Waals surface area contributed by atoms with Gasteiger partial charge in [0.25, 0.3) is 0 Å². The number of hydrogen-bond acceptors (Lipinski definition) is 6. The Kier molecular flexibility index (Phi) is 3.68. The van der Waals surface area contributed by atoms with Crippen molar-refractivity contribution in [1.82, 2.24) is 15.0 Å². The van der Waals surface area contributed by atoms with Crippen LogP contribution in [0.15, 0.2) is 18.2 Å². The van der Waals surface area contributed by atoms with E-state index < -0.39 is 28.2 Å². The zero-order valence-electron chi connectivity index (χ0n) is 10.8. The van der Waals surface area contributed by atoms with Crippen LogP contribution in [0.5, 0.6) is 5.75 Å². The summed E-state index contributed by atoms with van der Waals surface area (Å²) in [6.45, 7) is 0. The van der Waals surface area contributed by atoms with Crippen LogP contribution in [0.3, 0.4) is 0 Å². The number of nitriles is 1. The standard InChI is InChI=1S/C11H6F3N5O3/c1-22-9-3-2-6(4-8(9)19(20)21)18-10(11(12,13)14)7(5-15)16-17-18/h2-4H,1H3. The number of methoxy groups -OCH3 is 1. The molecule has 11 heteroatoms. The molecule has 2 rings (SSSR count). The molecule has 1 heterocycles. The molecule has 0 aliphatic rings. The fourth-order valence-corrected chi connectivity index (χ4v) is 1.75. The molecule has 0 aliphatic carbocycles. The second kappa shape index (κ2) is 5.32. The van der Waals surface area contributed by atoms with Gasteiger partial charge >= 0.3 is 11.9 Å². The van der Waals surface area contributed by atoms with E-state index in [-0.39, 0.29) is 11.4 Å². The van der Waals surface area contributed by atoms with E-state index in [9.17, 15) is 23.3 Å². The normalized spacial score (nSPS) is 11.0. The Morgan fingerprint density at radius 2 is 2.14 bits per heavy atom. The van der Waals surface area contributed by atoms with E-state index in [1.54, 1.807) is 0 Å². The van der Waals surface area contributed by atoms with Crippen molar-refractivity contribution in [2.24, 2.45) is 0 Å². The number of nitro benzene ring substituents is 1. The molecular formula is C11H6F3N5O3. The van der Waals surface area contributed by atoms with Gasteiger partial charge in [-0.2, -0.15) is 18.4 Å². The minimum atomic E-state index is -4.90. The predicted molar refractivity (Wildman–Crippen MR) is 64.3 cm³/mol. The molecule has 22 heavy (non-hydrogen) atoms. The number of alkyl halides is 3. The molecule has 0 fully saturated rings. The van der Waals surface area contributed by atoms with E-state index in [0.717, 1.165) is 18.2 Å². The van der Waals surface area contributed by atoms with E-state index in [4.69, 9.17) is 10.00 Å². The van der Waals surface area contributed by atoms with Gasteiger partial charge in [-0.1, -0.05) is 5.21 Å². The van der Waals surface area contributed by atoms with Crippen LogP contribution in [-0.4, -0.2) is 27.0 Å². The molecule has 8 nitrogen and oxygen atoms in total.